The number of rotatable bonds is 2. The topological polar surface area (TPSA) is 43.1 Å². The van der Waals surface area contributed by atoms with Crippen LogP contribution in [0.5, 0.6) is 0 Å². The van der Waals surface area contributed by atoms with Crippen LogP contribution in [0.2, 0.25) is 0 Å². The van der Waals surface area contributed by atoms with Gasteiger partial charge in [0.2, 0.25) is 5.91 Å². The molecule has 12 heavy (non-hydrogen) atoms. The molecule has 0 radical (unpaired) electrons. The van der Waals surface area contributed by atoms with E-state index in [0.29, 0.717) is 5.56 Å². The van der Waals surface area contributed by atoms with Gasteiger partial charge in [-0.3, -0.25) is 4.79 Å². The van der Waals surface area contributed by atoms with Crippen molar-refractivity contribution in [2.45, 2.75) is 13.3 Å². The van der Waals surface area contributed by atoms with Crippen molar-refractivity contribution in [3.63, 3.8) is 0 Å². The highest BCUT2D eigenvalue weighted by atomic mass is 79.9. The van der Waals surface area contributed by atoms with Crippen molar-refractivity contribution in [3.8, 4) is 0 Å². The minimum atomic E-state index is -0.392. The fraction of sp³-hybridized carbons (Fsp3) is 0.222. The lowest BCUT2D eigenvalue weighted by Crippen LogP contribution is -2.11. The zero-order valence-corrected chi connectivity index (χ0v) is 8.39. The molecule has 64 valence electrons. The number of carbonyl (C=O) groups excluding carboxylic acids is 1. The first-order chi connectivity index (χ1) is 5.65. The molecule has 0 aliphatic rings. The van der Waals surface area contributed by atoms with E-state index >= 15 is 0 Å². The standard InChI is InChI=1S/C9H10BrNO/c1-2-6-3-4-8(10)7(5-6)9(11)12/h3-5H,2H2,1H3,(H2,11,12). The number of halogens is 1. The van der Waals surface area contributed by atoms with Crippen LogP contribution in [0.1, 0.15) is 22.8 Å². The Bertz CT molecular complexity index is 309. The van der Waals surface area contributed by atoms with Crippen molar-refractivity contribution in [1.82, 2.24) is 0 Å². The van der Waals surface area contributed by atoms with Gasteiger partial charge in [-0.05, 0) is 40.0 Å². The van der Waals surface area contributed by atoms with Gasteiger partial charge in [0.25, 0.3) is 0 Å². The Morgan fingerprint density at radius 2 is 2.25 bits per heavy atom. The second-order valence-corrected chi connectivity index (χ2v) is 3.39. The number of primary amides is 1. The second-order valence-electron chi connectivity index (χ2n) is 2.53. The van der Waals surface area contributed by atoms with Crippen LogP contribution < -0.4 is 5.73 Å². The van der Waals surface area contributed by atoms with E-state index in [1.54, 1.807) is 0 Å². The molecule has 2 nitrogen and oxygen atoms in total. The lowest BCUT2D eigenvalue weighted by molar-refractivity contribution is 0.0999. The lowest BCUT2D eigenvalue weighted by Gasteiger charge is -2.02. The van der Waals surface area contributed by atoms with Crippen molar-refractivity contribution in [2.24, 2.45) is 5.73 Å². The number of carbonyl (C=O) groups is 1. The number of aryl methyl sites for hydroxylation is 1. The molecule has 0 unspecified atom stereocenters. The Morgan fingerprint density at radius 1 is 1.58 bits per heavy atom. The summed E-state index contributed by atoms with van der Waals surface area (Å²) >= 11 is 3.26. The van der Waals surface area contributed by atoms with E-state index in [-0.39, 0.29) is 0 Å². The van der Waals surface area contributed by atoms with Gasteiger partial charge >= 0.3 is 0 Å². The van der Waals surface area contributed by atoms with Gasteiger partial charge in [-0.25, -0.2) is 0 Å². The Morgan fingerprint density at radius 3 is 2.75 bits per heavy atom. The Labute approximate surface area is 79.9 Å². The first-order valence-electron chi connectivity index (χ1n) is 3.73. The molecule has 1 amide bonds. The van der Waals surface area contributed by atoms with Crippen LogP contribution in [-0.4, -0.2) is 5.91 Å². The zero-order valence-electron chi connectivity index (χ0n) is 6.80. The van der Waals surface area contributed by atoms with E-state index in [9.17, 15) is 4.79 Å². The summed E-state index contributed by atoms with van der Waals surface area (Å²) in [5.41, 5.74) is 6.84. The third kappa shape index (κ3) is 1.85. The quantitative estimate of drug-likeness (QED) is 0.827. The van der Waals surface area contributed by atoms with Gasteiger partial charge in [-0.15, -0.1) is 0 Å². The molecular weight excluding hydrogens is 218 g/mol. The molecule has 1 rings (SSSR count). The SMILES string of the molecule is CCc1ccc(Br)c(C(N)=O)c1. The smallest absolute Gasteiger partial charge is 0.249 e. The van der Waals surface area contributed by atoms with Crippen LogP contribution in [0.4, 0.5) is 0 Å². The molecule has 2 N–H and O–H groups in total. The van der Waals surface area contributed by atoms with Crippen LogP contribution in [0.3, 0.4) is 0 Å². The molecule has 0 aliphatic heterocycles. The third-order valence-corrected chi connectivity index (χ3v) is 2.40. The van der Waals surface area contributed by atoms with Gasteiger partial charge in [0.1, 0.15) is 0 Å². The average molecular weight is 228 g/mol. The number of hydrogen-bond donors (Lipinski definition) is 1. The fourth-order valence-corrected chi connectivity index (χ4v) is 1.42. The largest absolute Gasteiger partial charge is 0.366 e. The van der Waals surface area contributed by atoms with Gasteiger partial charge < -0.3 is 5.73 Å². The first-order valence-corrected chi connectivity index (χ1v) is 4.52. The van der Waals surface area contributed by atoms with E-state index in [4.69, 9.17) is 5.73 Å². The van der Waals surface area contributed by atoms with E-state index in [0.717, 1.165) is 16.5 Å². The molecule has 0 bridgehead atoms. The Balaban J connectivity index is 3.17. The van der Waals surface area contributed by atoms with Crippen molar-refractivity contribution in [3.05, 3.63) is 33.8 Å². The summed E-state index contributed by atoms with van der Waals surface area (Å²) in [5, 5.41) is 0. The van der Waals surface area contributed by atoms with Crippen molar-refractivity contribution >= 4 is 21.8 Å². The summed E-state index contributed by atoms with van der Waals surface area (Å²) in [5.74, 6) is -0.392. The summed E-state index contributed by atoms with van der Waals surface area (Å²) in [6.07, 6.45) is 0.910. The first kappa shape index (κ1) is 9.26. The van der Waals surface area contributed by atoms with Crippen molar-refractivity contribution < 1.29 is 4.79 Å². The van der Waals surface area contributed by atoms with Crippen LogP contribution in [0.25, 0.3) is 0 Å². The van der Waals surface area contributed by atoms with Gasteiger partial charge in [0, 0.05) is 4.47 Å². The van der Waals surface area contributed by atoms with E-state index in [2.05, 4.69) is 15.9 Å². The molecule has 0 atom stereocenters. The number of nitrogens with two attached hydrogens (primary N) is 1. The zero-order chi connectivity index (χ0) is 9.14. The molecule has 0 fully saturated rings. The summed E-state index contributed by atoms with van der Waals surface area (Å²) in [6.45, 7) is 2.04. The Kier molecular flexibility index (Phi) is 2.87. The molecule has 0 heterocycles. The maximum atomic E-state index is 10.9. The second kappa shape index (κ2) is 3.72. The maximum absolute atomic E-state index is 10.9. The van der Waals surface area contributed by atoms with E-state index < -0.39 is 5.91 Å². The minimum absolute atomic E-state index is 0.392. The molecule has 0 spiro atoms. The summed E-state index contributed by atoms with van der Waals surface area (Å²) < 4.78 is 0.757. The van der Waals surface area contributed by atoms with Gasteiger partial charge in [0.05, 0.1) is 5.56 Å². The molecule has 0 aliphatic carbocycles. The van der Waals surface area contributed by atoms with Crippen LogP contribution in [-0.2, 0) is 6.42 Å². The van der Waals surface area contributed by atoms with Crippen LogP contribution >= 0.6 is 15.9 Å². The predicted octanol–water partition coefficient (Wildman–Crippen LogP) is 2.11. The van der Waals surface area contributed by atoms with Gasteiger partial charge in [-0.2, -0.15) is 0 Å². The van der Waals surface area contributed by atoms with Crippen molar-refractivity contribution in [1.29, 1.82) is 0 Å². The summed E-state index contributed by atoms with van der Waals surface area (Å²) in [4.78, 5) is 10.9. The molecular formula is C9H10BrNO. The Hall–Kier alpha value is -0.830. The normalized spacial score (nSPS) is 9.83. The summed E-state index contributed by atoms with van der Waals surface area (Å²) in [6, 6.07) is 5.63. The number of hydrogen-bond acceptors (Lipinski definition) is 1. The van der Waals surface area contributed by atoms with Crippen LogP contribution in [0.15, 0.2) is 22.7 Å². The highest BCUT2D eigenvalue weighted by Crippen LogP contribution is 2.17. The molecule has 3 heteroatoms. The molecule has 0 saturated heterocycles. The third-order valence-electron chi connectivity index (χ3n) is 1.70. The van der Waals surface area contributed by atoms with E-state index in [1.165, 1.54) is 0 Å². The van der Waals surface area contributed by atoms with Crippen LogP contribution in [0, 0.1) is 0 Å². The van der Waals surface area contributed by atoms with Gasteiger partial charge in [0.15, 0.2) is 0 Å². The van der Waals surface area contributed by atoms with Crippen molar-refractivity contribution in [2.75, 3.05) is 0 Å². The maximum Gasteiger partial charge on any atom is 0.249 e. The molecule has 1 aromatic rings. The minimum Gasteiger partial charge on any atom is -0.366 e. The highest BCUT2D eigenvalue weighted by molar-refractivity contribution is 9.10. The fourth-order valence-electron chi connectivity index (χ4n) is 0.981. The van der Waals surface area contributed by atoms with Gasteiger partial charge in [-0.1, -0.05) is 13.0 Å². The van der Waals surface area contributed by atoms with E-state index in [1.807, 2.05) is 25.1 Å². The average Bonchev–Trinajstić information content (AvgIpc) is 2.05. The molecule has 0 aromatic heterocycles. The predicted molar refractivity (Wildman–Crippen MR) is 52.0 cm³/mol. The highest BCUT2D eigenvalue weighted by Gasteiger charge is 2.05. The number of benzene rings is 1. The summed E-state index contributed by atoms with van der Waals surface area (Å²) in [7, 11) is 0. The number of amides is 1. The monoisotopic (exact) mass is 227 g/mol. The molecule has 0 saturated carbocycles. The lowest BCUT2D eigenvalue weighted by atomic mass is 10.1. The molecule has 1 aromatic carbocycles.